The number of urea groups is 1. The van der Waals surface area contributed by atoms with Crippen LogP contribution in [0.25, 0.3) is 0 Å². The van der Waals surface area contributed by atoms with E-state index in [4.69, 9.17) is 5.11 Å². The van der Waals surface area contributed by atoms with Crippen LogP contribution in [-0.2, 0) is 4.79 Å². The van der Waals surface area contributed by atoms with Crippen molar-refractivity contribution >= 4 is 17.7 Å². The van der Waals surface area contributed by atoms with Gasteiger partial charge in [0.25, 0.3) is 0 Å². The Morgan fingerprint density at radius 2 is 1.90 bits per heavy atom. The van der Waals surface area contributed by atoms with Gasteiger partial charge < -0.3 is 15.7 Å². The number of rotatable bonds is 6. The monoisotopic (exact) mass is 278 g/mol. The maximum absolute atomic E-state index is 11.9. The Morgan fingerprint density at radius 1 is 1.25 bits per heavy atom. The molecule has 0 aromatic heterocycles. The number of hydrogen-bond acceptors (Lipinski definition) is 2. The highest BCUT2D eigenvalue weighted by Crippen LogP contribution is 2.23. The molecule has 2 amide bonds. The number of carboxylic acid groups (broad SMARTS) is 1. The molecule has 0 radical (unpaired) electrons. The molecule has 5 nitrogen and oxygen atoms in total. The first-order chi connectivity index (χ1) is 9.45. The Labute approximate surface area is 119 Å². The third-order valence-electron chi connectivity index (χ3n) is 3.01. The summed E-state index contributed by atoms with van der Waals surface area (Å²) in [5.74, 6) is -0.739. The minimum atomic E-state index is -1.01. The Kier molecular flexibility index (Phi) is 6.03. The maximum atomic E-state index is 11.9. The summed E-state index contributed by atoms with van der Waals surface area (Å²) >= 11 is 0. The Bertz CT molecular complexity index is 472. The highest BCUT2D eigenvalue weighted by molar-refractivity contribution is 5.92. The number of amides is 2. The zero-order valence-corrected chi connectivity index (χ0v) is 12.1. The first kappa shape index (κ1) is 16.0. The molecule has 110 valence electrons. The van der Waals surface area contributed by atoms with E-state index in [1.165, 1.54) is 0 Å². The molecule has 1 aromatic carbocycles. The van der Waals surface area contributed by atoms with Crippen molar-refractivity contribution in [1.82, 2.24) is 5.32 Å². The van der Waals surface area contributed by atoms with Gasteiger partial charge in [-0.3, -0.25) is 0 Å². The van der Waals surface area contributed by atoms with Crippen LogP contribution in [0.2, 0.25) is 0 Å². The standard InChI is InChI=1S/C15H22N2O3/c1-4-7-13(14(18)19)17-15(20)16-12-9-6-5-8-11(12)10(2)3/h5-6,8-10,13H,4,7H2,1-3H3,(H,18,19)(H2,16,17,20)/t13-/m0/s1. The minimum Gasteiger partial charge on any atom is -0.480 e. The largest absolute Gasteiger partial charge is 0.480 e. The molecule has 0 heterocycles. The molecule has 0 aliphatic rings. The number of benzene rings is 1. The predicted molar refractivity (Wildman–Crippen MR) is 79.0 cm³/mol. The van der Waals surface area contributed by atoms with Crippen LogP contribution >= 0.6 is 0 Å². The molecule has 5 heteroatoms. The summed E-state index contributed by atoms with van der Waals surface area (Å²) in [5.41, 5.74) is 1.73. The number of para-hydroxylation sites is 1. The lowest BCUT2D eigenvalue weighted by atomic mass is 10.0. The average molecular weight is 278 g/mol. The second kappa shape index (κ2) is 7.53. The van der Waals surface area contributed by atoms with Crippen LogP contribution in [0.15, 0.2) is 24.3 Å². The summed E-state index contributed by atoms with van der Waals surface area (Å²) < 4.78 is 0. The fraction of sp³-hybridized carbons (Fsp3) is 0.467. The van der Waals surface area contributed by atoms with Crippen LogP contribution in [0.3, 0.4) is 0 Å². The highest BCUT2D eigenvalue weighted by atomic mass is 16.4. The summed E-state index contributed by atoms with van der Waals surface area (Å²) in [6.45, 7) is 5.95. The average Bonchev–Trinajstić information content (AvgIpc) is 2.38. The molecule has 0 fully saturated rings. The molecule has 3 N–H and O–H groups in total. The SMILES string of the molecule is CCC[C@H](NC(=O)Nc1ccccc1C(C)C)C(=O)O. The summed E-state index contributed by atoms with van der Waals surface area (Å²) in [4.78, 5) is 22.9. The minimum absolute atomic E-state index is 0.275. The molecule has 0 spiro atoms. The van der Waals surface area contributed by atoms with Gasteiger partial charge in [-0.1, -0.05) is 45.4 Å². The van der Waals surface area contributed by atoms with Gasteiger partial charge in [0, 0.05) is 5.69 Å². The lowest BCUT2D eigenvalue weighted by Gasteiger charge is -2.17. The molecule has 1 rings (SSSR count). The number of carbonyl (C=O) groups is 2. The first-order valence-electron chi connectivity index (χ1n) is 6.85. The van der Waals surface area contributed by atoms with Crippen molar-refractivity contribution in [2.75, 3.05) is 5.32 Å². The maximum Gasteiger partial charge on any atom is 0.326 e. The number of carboxylic acids is 1. The normalized spacial score (nSPS) is 12.0. The van der Waals surface area contributed by atoms with E-state index in [2.05, 4.69) is 10.6 Å². The predicted octanol–water partition coefficient (Wildman–Crippen LogP) is 3.18. The van der Waals surface area contributed by atoms with Crippen LogP contribution in [0.1, 0.15) is 45.1 Å². The molecule has 0 bridgehead atoms. The second-order valence-electron chi connectivity index (χ2n) is 5.02. The van der Waals surface area contributed by atoms with E-state index in [9.17, 15) is 9.59 Å². The smallest absolute Gasteiger partial charge is 0.326 e. The van der Waals surface area contributed by atoms with Crippen molar-refractivity contribution < 1.29 is 14.7 Å². The molecule has 0 aliphatic heterocycles. The fourth-order valence-electron chi connectivity index (χ4n) is 1.98. The van der Waals surface area contributed by atoms with E-state index in [1.54, 1.807) is 0 Å². The third-order valence-corrected chi connectivity index (χ3v) is 3.01. The van der Waals surface area contributed by atoms with Gasteiger partial charge in [0.2, 0.25) is 0 Å². The lowest BCUT2D eigenvalue weighted by Crippen LogP contribution is -2.43. The molecular weight excluding hydrogens is 256 g/mol. The highest BCUT2D eigenvalue weighted by Gasteiger charge is 2.19. The zero-order valence-electron chi connectivity index (χ0n) is 12.1. The second-order valence-corrected chi connectivity index (χ2v) is 5.02. The van der Waals surface area contributed by atoms with Crippen molar-refractivity contribution in [2.24, 2.45) is 0 Å². The van der Waals surface area contributed by atoms with E-state index >= 15 is 0 Å². The number of anilines is 1. The van der Waals surface area contributed by atoms with Gasteiger partial charge in [0.15, 0.2) is 0 Å². The topological polar surface area (TPSA) is 78.4 Å². The van der Waals surface area contributed by atoms with Gasteiger partial charge >= 0.3 is 12.0 Å². The number of carbonyl (C=O) groups excluding carboxylic acids is 1. The summed E-state index contributed by atoms with van der Waals surface area (Å²) in [6, 6.07) is 6.16. The van der Waals surface area contributed by atoms with E-state index in [0.29, 0.717) is 18.5 Å². The van der Waals surface area contributed by atoms with Crippen LogP contribution < -0.4 is 10.6 Å². The summed E-state index contributed by atoms with van der Waals surface area (Å²) in [5, 5.41) is 14.2. The lowest BCUT2D eigenvalue weighted by molar-refractivity contribution is -0.139. The quantitative estimate of drug-likeness (QED) is 0.747. The Balaban J connectivity index is 2.73. The number of nitrogens with one attached hydrogen (secondary N) is 2. The molecule has 0 aliphatic carbocycles. The van der Waals surface area contributed by atoms with Crippen LogP contribution in [-0.4, -0.2) is 23.1 Å². The third kappa shape index (κ3) is 4.57. The summed E-state index contributed by atoms with van der Waals surface area (Å²) in [6.07, 6.45) is 1.11. The number of hydrogen-bond donors (Lipinski definition) is 3. The van der Waals surface area contributed by atoms with Gasteiger partial charge in [-0.15, -0.1) is 0 Å². The zero-order chi connectivity index (χ0) is 15.1. The molecule has 0 unspecified atom stereocenters. The van der Waals surface area contributed by atoms with Crippen molar-refractivity contribution in [3.8, 4) is 0 Å². The van der Waals surface area contributed by atoms with Gasteiger partial charge in [-0.2, -0.15) is 0 Å². The molecule has 1 atom stereocenters. The van der Waals surface area contributed by atoms with E-state index in [0.717, 1.165) is 5.56 Å². The van der Waals surface area contributed by atoms with Gasteiger partial charge in [-0.05, 0) is 24.0 Å². The van der Waals surface area contributed by atoms with Gasteiger partial charge in [0.1, 0.15) is 6.04 Å². The summed E-state index contributed by atoms with van der Waals surface area (Å²) in [7, 11) is 0. The van der Waals surface area contributed by atoms with Crippen molar-refractivity contribution in [3.05, 3.63) is 29.8 Å². The Hall–Kier alpha value is -2.04. The van der Waals surface area contributed by atoms with Crippen LogP contribution in [0, 0.1) is 0 Å². The molecule has 1 aromatic rings. The molecule has 20 heavy (non-hydrogen) atoms. The van der Waals surface area contributed by atoms with Gasteiger partial charge in [-0.25, -0.2) is 9.59 Å². The first-order valence-corrected chi connectivity index (χ1v) is 6.85. The van der Waals surface area contributed by atoms with E-state index < -0.39 is 18.0 Å². The molecular formula is C15H22N2O3. The van der Waals surface area contributed by atoms with E-state index in [-0.39, 0.29) is 5.92 Å². The Morgan fingerprint density at radius 3 is 2.45 bits per heavy atom. The van der Waals surface area contributed by atoms with E-state index in [1.807, 2.05) is 45.0 Å². The van der Waals surface area contributed by atoms with Crippen molar-refractivity contribution in [3.63, 3.8) is 0 Å². The molecule has 0 saturated carbocycles. The van der Waals surface area contributed by atoms with Crippen LogP contribution in [0.4, 0.5) is 10.5 Å². The van der Waals surface area contributed by atoms with Gasteiger partial charge in [0.05, 0.1) is 0 Å². The number of aliphatic carboxylic acids is 1. The molecule has 0 saturated heterocycles. The van der Waals surface area contributed by atoms with Crippen LogP contribution in [0.5, 0.6) is 0 Å². The van der Waals surface area contributed by atoms with Crippen molar-refractivity contribution in [1.29, 1.82) is 0 Å². The van der Waals surface area contributed by atoms with Crippen molar-refractivity contribution in [2.45, 2.75) is 45.6 Å². The fourth-order valence-corrected chi connectivity index (χ4v) is 1.98.